The van der Waals surface area contributed by atoms with Gasteiger partial charge in [-0.05, 0) is 32.8 Å². The molecule has 30 heavy (non-hydrogen) atoms. The van der Waals surface area contributed by atoms with Gasteiger partial charge in [0.1, 0.15) is 23.8 Å². The van der Waals surface area contributed by atoms with Crippen LogP contribution in [0, 0.1) is 0 Å². The fourth-order valence-corrected chi connectivity index (χ4v) is 3.53. The standard InChI is InChI=1S/C20H26N8O2/c1-13(2)28-12-24-15-10-23-19(9-16(15)28)25-18-3-6-22-20(26-18)27-7-4-14(5-8-27)30-11-17(21)29/h3,6,9-10,12-14H,4-5,7-8,11H2,1-2H3,(H2,21,29)(H,22,23,25,26). The van der Waals surface area contributed by atoms with Gasteiger partial charge < -0.3 is 25.3 Å². The molecule has 158 valence electrons. The van der Waals surface area contributed by atoms with Crippen LogP contribution in [0.1, 0.15) is 32.7 Å². The molecule has 3 aromatic heterocycles. The molecule has 10 nitrogen and oxygen atoms in total. The molecule has 1 saturated heterocycles. The van der Waals surface area contributed by atoms with Crippen molar-refractivity contribution >= 4 is 34.5 Å². The second-order valence-electron chi connectivity index (χ2n) is 7.63. The van der Waals surface area contributed by atoms with Gasteiger partial charge in [0.2, 0.25) is 11.9 Å². The van der Waals surface area contributed by atoms with Crippen molar-refractivity contribution in [3.05, 3.63) is 30.9 Å². The number of nitrogens with two attached hydrogens (primary N) is 1. The van der Waals surface area contributed by atoms with Gasteiger partial charge in [-0.2, -0.15) is 4.98 Å². The van der Waals surface area contributed by atoms with E-state index in [-0.39, 0.29) is 12.7 Å². The van der Waals surface area contributed by atoms with Gasteiger partial charge in [0.25, 0.3) is 0 Å². The lowest BCUT2D eigenvalue weighted by molar-refractivity contribution is -0.124. The van der Waals surface area contributed by atoms with E-state index in [2.05, 4.69) is 48.6 Å². The second kappa shape index (κ2) is 8.62. The fraction of sp³-hybridized carbons (Fsp3) is 0.450. The Labute approximate surface area is 174 Å². The Balaban J connectivity index is 1.43. The van der Waals surface area contributed by atoms with E-state index >= 15 is 0 Å². The summed E-state index contributed by atoms with van der Waals surface area (Å²) in [5.41, 5.74) is 7.03. The molecule has 0 aromatic carbocycles. The van der Waals surface area contributed by atoms with E-state index in [0.717, 1.165) is 37.0 Å². The summed E-state index contributed by atoms with van der Waals surface area (Å²) in [6.07, 6.45) is 6.96. The number of pyridine rings is 1. The molecule has 0 radical (unpaired) electrons. The summed E-state index contributed by atoms with van der Waals surface area (Å²) in [5, 5.41) is 3.27. The number of hydrogen-bond acceptors (Lipinski definition) is 8. The Morgan fingerprint density at radius 2 is 2.07 bits per heavy atom. The van der Waals surface area contributed by atoms with Crippen molar-refractivity contribution in [2.45, 2.75) is 38.8 Å². The van der Waals surface area contributed by atoms with Crippen molar-refractivity contribution in [3.8, 4) is 0 Å². The van der Waals surface area contributed by atoms with Gasteiger partial charge in [-0.15, -0.1) is 0 Å². The Bertz CT molecular complexity index is 1030. The van der Waals surface area contributed by atoms with Crippen molar-refractivity contribution in [1.29, 1.82) is 0 Å². The molecule has 10 heteroatoms. The molecular weight excluding hydrogens is 384 g/mol. The lowest BCUT2D eigenvalue weighted by atomic mass is 10.1. The number of hydrogen-bond donors (Lipinski definition) is 2. The van der Waals surface area contributed by atoms with E-state index in [1.807, 2.05) is 18.5 Å². The molecule has 4 heterocycles. The van der Waals surface area contributed by atoms with E-state index in [9.17, 15) is 4.79 Å². The number of amides is 1. The minimum Gasteiger partial charge on any atom is -0.368 e. The molecule has 0 spiro atoms. The number of rotatable bonds is 7. The Morgan fingerprint density at radius 3 is 2.80 bits per heavy atom. The Hall–Kier alpha value is -3.27. The molecule has 1 amide bonds. The largest absolute Gasteiger partial charge is 0.368 e. The topological polar surface area (TPSA) is 124 Å². The average Bonchev–Trinajstić information content (AvgIpc) is 3.16. The van der Waals surface area contributed by atoms with Gasteiger partial charge in [-0.1, -0.05) is 0 Å². The summed E-state index contributed by atoms with van der Waals surface area (Å²) >= 11 is 0. The molecule has 3 N–H and O–H groups in total. The second-order valence-corrected chi connectivity index (χ2v) is 7.63. The highest BCUT2D eigenvalue weighted by atomic mass is 16.5. The van der Waals surface area contributed by atoms with Gasteiger partial charge in [-0.3, -0.25) is 4.79 Å². The maximum absolute atomic E-state index is 10.9. The quantitative estimate of drug-likeness (QED) is 0.606. The number of carbonyl (C=O) groups excluding carboxylic acids is 1. The number of nitrogens with one attached hydrogen (secondary N) is 1. The van der Waals surface area contributed by atoms with Crippen LogP contribution in [0.15, 0.2) is 30.9 Å². The number of fused-ring (bicyclic) bond motifs is 1. The molecule has 3 aromatic rings. The first-order valence-corrected chi connectivity index (χ1v) is 10.1. The minimum absolute atomic E-state index is 0.0341. The van der Waals surface area contributed by atoms with Crippen LogP contribution in [-0.4, -0.2) is 56.2 Å². The van der Waals surface area contributed by atoms with Crippen molar-refractivity contribution in [2.24, 2.45) is 5.73 Å². The van der Waals surface area contributed by atoms with Crippen LogP contribution in [0.25, 0.3) is 11.0 Å². The van der Waals surface area contributed by atoms with Gasteiger partial charge in [0.15, 0.2) is 0 Å². The van der Waals surface area contributed by atoms with Crippen molar-refractivity contribution in [3.63, 3.8) is 0 Å². The maximum Gasteiger partial charge on any atom is 0.243 e. The molecular formula is C20H26N8O2. The number of nitrogens with zero attached hydrogens (tertiary/aromatic N) is 6. The van der Waals surface area contributed by atoms with Crippen LogP contribution < -0.4 is 16.0 Å². The number of carbonyl (C=O) groups is 1. The number of ether oxygens (including phenoxy) is 1. The summed E-state index contributed by atoms with van der Waals surface area (Å²) in [5.74, 6) is 1.59. The lowest BCUT2D eigenvalue weighted by Gasteiger charge is -2.31. The normalized spacial score (nSPS) is 15.1. The third-order valence-electron chi connectivity index (χ3n) is 5.10. The monoisotopic (exact) mass is 410 g/mol. The number of piperidine rings is 1. The summed E-state index contributed by atoms with van der Waals surface area (Å²) in [6.45, 7) is 5.71. The molecule has 1 aliphatic heterocycles. The van der Waals surface area contributed by atoms with Crippen LogP contribution in [0.4, 0.5) is 17.6 Å². The predicted molar refractivity (Wildman–Crippen MR) is 114 cm³/mol. The molecule has 0 aliphatic carbocycles. The van der Waals surface area contributed by atoms with Crippen LogP contribution in [0.5, 0.6) is 0 Å². The van der Waals surface area contributed by atoms with Gasteiger partial charge in [0, 0.05) is 31.4 Å². The third-order valence-corrected chi connectivity index (χ3v) is 5.10. The van der Waals surface area contributed by atoms with Crippen LogP contribution in [0.2, 0.25) is 0 Å². The Kier molecular flexibility index (Phi) is 5.75. The van der Waals surface area contributed by atoms with Gasteiger partial charge in [-0.25, -0.2) is 15.0 Å². The summed E-state index contributed by atoms with van der Waals surface area (Å²) < 4.78 is 7.63. The Morgan fingerprint density at radius 1 is 1.27 bits per heavy atom. The average molecular weight is 410 g/mol. The van der Waals surface area contributed by atoms with Crippen LogP contribution in [-0.2, 0) is 9.53 Å². The summed E-state index contributed by atoms with van der Waals surface area (Å²) in [6, 6.07) is 4.11. The zero-order chi connectivity index (χ0) is 21.1. The molecule has 1 aliphatic rings. The summed E-state index contributed by atoms with van der Waals surface area (Å²) in [7, 11) is 0. The molecule has 0 unspecified atom stereocenters. The van der Waals surface area contributed by atoms with Gasteiger partial charge >= 0.3 is 0 Å². The van der Waals surface area contributed by atoms with E-state index in [1.165, 1.54) is 0 Å². The third kappa shape index (κ3) is 4.48. The zero-order valence-electron chi connectivity index (χ0n) is 17.2. The maximum atomic E-state index is 10.9. The number of aromatic nitrogens is 5. The van der Waals surface area contributed by atoms with E-state index in [4.69, 9.17) is 10.5 Å². The first kappa shape index (κ1) is 20.0. The predicted octanol–water partition coefficient (Wildman–Crippen LogP) is 2.02. The first-order valence-electron chi connectivity index (χ1n) is 10.1. The van der Waals surface area contributed by atoms with Crippen molar-refractivity contribution < 1.29 is 9.53 Å². The first-order chi connectivity index (χ1) is 14.5. The molecule has 1 fully saturated rings. The lowest BCUT2D eigenvalue weighted by Crippen LogP contribution is -2.39. The smallest absolute Gasteiger partial charge is 0.243 e. The fourth-order valence-electron chi connectivity index (χ4n) is 3.53. The number of imidazole rings is 1. The number of primary amides is 1. The van der Waals surface area contributed by atoms with Gasteiger partial charge in [0.05, 0.1) is 24.1 Å². The highest BCUT2D eigenvalue weighted by Crippen LogP contribution is 2.23. The minimum atomic E-state index is -0.442. The van der Waals surface area contributed by atoms with E-state index in [1.54, 1.807) is 12.4 Å². The van der Waals surface area contributed by atoms with E-state index < -0.39 is 5.91 Å². The summed E-state index contributed by atoms with van der Waals surface area (Å²) in [4.78, 5) is 30.9. The number of anilines is 3. The molecule has 4 rings (SSSR count). The van der Waals surface area contributed by atoms with Crippen LogP contribution >= 0.6 is 0 Å². The highest BCUT2D eigenvalue weighted by molar-refractivity contribution is 5.78. The molecule has 0 saturated carbocycles. The molecule has 0 bridgehead atoms. The highest BCUT2D eigenvalue weighted by Gasteiger charge is 2.22. The van der Waals surface area contributed by atoms with Crippen molar-refractivity contribution in [2.75, 3.05) is 29.9 Å². The van der Waals surface area contributed by atoms with Crippen molar-refractivity contribution in [1.82, 2.24) is 24.5 Å². The molecule has 0 atom stereocenters. The zero-order valence-corrected chi connectivity index (χ0v) is 17.2. The SMILES string of the molecule is CC(C)n1cnc2cnc(Nc3ccnc(N4CCC(OCC(N)=O)CC4)n3)cc21. The van der Waals surface area contributed by atoms with E-state index in [0.29, 0.717) is 23.6 Å². The van der Waals surface area contributed by atoms with Crippen LogP contribution in [0.3, 0.4) is 0 Å².